The molecule has 1 fully saturated rings. The van der Waals surface area contributed by atoms with Crippen LogP contribution in [0.2, 0.25) is 0 Å². The number of hydrogen-bond acceptors (Lipinski definition) is 8. The van der Waals surface area contributed by atoms with Crippen LogP contribution in [-0.4, -0.2) is 57.2 Å². The van der Waals surface area contributed by atoms with Crippen molar-refractivity contribution in [3.63, 3.8) is 0 Å². The minimum absolute atomic E-state index is 0.0440. The zero-order valence-electron chi connectivity index (χ0n) is 22.3. The molecule has 3 aromatic rings. The molecule has 1 unspecified atom stereocenters. The van der Waals surface area contributed by atoms with Crippen molar-refractivity contribution >= 4 is 29.0 Å². The Kier molecular flexibility index (Phi) is 7.65. The number of piperazine rings is 1. The molecule has 3 aromatic carbocycles. The minimum Gasteiger partial charge on any atom is -0.550 e. The first-order valence-corrected chi connectivity index (χ1v) is 12.9. The third-order valence-corrected chi connectivity index (χ3v) is 7.22. The van der Waals surface area contributed by atoms with Crippen molar-refractivity contribution in [2.75, 3.05) is 50.2 Å². The van der Waals surface area contributed by atoms with Gasteiger partial charge in [0.2, 0.25) is 5.96 Å². The van der Waals surface area contributed by atoms with Crippen LogP contribution in [0.1, 0.15) is 23.6 Å². The van der Waals surface area contributed by atoms with Crippen LogP contribution in [0.15, 0.2) is 65.7 Å². The Bertz CT molecular complexity index is 1470. The van der Waals surface area contributed by atoms with Gasteiger partial charge >= 0.3 is 6.18 Å². The van der Waals surface area contributed by atoms with Crippen molar-refractivity contribution in [1.82, 2.24) is 4.90 Å². The van der Waals surface area contributed by atoms with E-state index in [-0.39, 0.29) is 28.6 Å². The van der Waals surface area contributed by atoms with Crippen LogP contribution in [0.5, 0.6) is 11.5 Å². The molecule has 0 radical (unpaired) electrons. The van der Waals surface area contributed by atoms with Gasteiger partial charge in [-0.25, -0.2) is 9.38 Å². The molecule has 1 saturated heterocycles. The number of halogens is 4. The van der Waals surface area contributed by atoms with E-state index in [1.54, 1.807) is 7.11 Å². The van der Waals surface area contributed by atoms with E-state index < -0.39 is 36.0 Å². The smallest absolute Gasteiger partial charge is 0.416 e. The Morgan fingerprint density at radius 2 is 1.68 bits per heavy atom. The molecule has 41 heavy (non-hydrogen) atoms. The molecule has 0 saturated carbocycles. The first kappa shape index (κ1) is 28.1. The number of fused-ring (bicyclic) bond motifs is 1. The van der Waals surface area contributed by atoms with E-state index in [4.69, 9.17) is 9.47 Å². The molecule has 1 atom stereocenters. The number of carboxylic acid groups (broad SMARTS) is 1. The van der Waals surface area contributed by atoms with Gasteiger partial charge in [-0.15, -0.1) is 0 Å². The summed E-state index contributed by atoms with van der Waals surface area (Å²) in [5.74, 6) is -1.23. The summed E-state index contributed by atoms with van der Waals surface area (Å²) >= 11 is 0. The van der Waals surface area contributed by atoms with E-state index in [9.17, 15) is 23.1 Å². The predicted octanol–water partition coefficient (Wildman–Crippen LogP) is 4.37. The lowest BCUT2D eigenvalue weighted by molar-refractivity contribution is -0.306. The van der Waals surface area contributed by atoms with E-state index in [0.29, 0.717) is 31.9 Å². The number of nitrogens with zero attached hydrogens (tertiary/aromatic N) is 4. The van der Waals surface area contributed by atoms with Crippen LogP contribution < -0.4 is 24.4 Å². The Labute approximate surface area is 234 Å². The second-order valence-electron chi connectivity index (χ2n) is 9.61. The van der Waals surface area contributed by atoms with E-state index in [1.165, 1.54) is 36.3 Å². The Hall–Kier alpha value is -4.48. The van der Waals surface area contributed by atoms with Crippen molar-refractivity contribution in [2.24, 2.45) is 4.99 Å². The molecule has 12 heteroatoms. The summed E-state index contributed by atoms with van der Waals surface area (Å²) in [4.78, 5) is 21.8. The molecule has 2 aliphatic heterocycles. The molecule has 216 valence electrons. The zero-order valence-corrected chi connectivity index (χ0v) is 22.3. The predicted molar refractivity (Wildman–Crippen MR) is 143 cm³/mol. The monoisotopic (exact) mass is 571 g/mol. The summed E-state index contributed by atoms with van der Waals surface area (Å²) in [6.07, 6.45) is -5.30. The summed E-state index contributed by atoms with van der Waals surface area (Å²) in [7, 11) is 2.89. The van der Waals surface area contributed by atoms with E-state index >= 15 is 4.39 Å². The number of ether oxygens (including phenoxy) is 2. The highest BCUT2D eigenvalue weighted by molar-refractivity contribution is 6.02. The largest absolute Gasteiger partial charge is 0.550 e. The molecule has 0 amide bonds. The van der Waals surface area contributed by atoms with Gasteiger partial charge < -0.3 is 34.1 Å². The van der Waals surface area contributed by atoms with Gasteiger partial charge in [-0.05, 0) is 36.4 Å². The molecule has 0 bridgehead atoms. The molecule has 5 rings (SSSR count). The summed E-state index contributed by atoms with van der Waals surface area (Å²) in [5, 5.41) is 11.9. The van der Waals surface area contributed by atoms with Gasteiger partial charge in [0.15, 0.2) is 0 Å². The highest BCUT2D eigenvalue weighted by Crippen LogP contribution is 2.46. The lowest BCUT2D eigenvalue weighted by atomic mass is 9.96. The lowest BCUT2D eigenvalue weighted by Crippen LogP contribution is -2.55. The molecule has 8 nitrogen and oxygen atoms in total. The molecule has 0 aromatic heterocycles. The maximum atomic E-state index is 15.1. The summed E-state index contributed by atoms with van der Waals surface area (Å²) in [6.45, 7) is 1.76. The molecular weight excluding hydrogens is 544 g/mol. The third kappa shape index (κ3) is 5.59. The van der Waals surface area contributed by atoms with Crippen molar-refractivity contribution in [3.8, 4) is 11.5 Å². The number of alkyl halides is 3. The minimum atomic E-state index is -4.68. The first-order valence-electron chi connectivity index (χ1n) is 12.9. The van der Waals surface area contributed by atoms with Crippen LogP contribution in [-0.2, 0) is 11.0 Å². The highest BCUT2D eigenvalue weighted by Gasteiger charge is 2.39. The van der Waals surface area contributed by atoms with Crippen molar-refractivity contribution in [3.05, 3.63) is 77.6 Å². The van der Waals surface area contributed by atoms with Crippen LogP contribution >= 0.6 is 0 Å². The SMILES string of the molecule is COc1cccc(N2CCN(C3=Nc4c(F)cccc4C(CC(=O)[O-])N3c3cc(C(F)(F)F)ccc3OC)CC2)c1. The normalized spacial score (nSPS) is 17.2. The standard InChI is InChI=1S/C29H28F4N4O4/c1-40-20-6-3-5-19(16-20)35-11-13-36(14-12-35)28-34-27-21(7-4-8-22(27)30)23(17-26(38)39)37(28)24-15-18(29(31,32)33)9-10-25(24)41-2/h3-10,15-16,23H,11-14,17H2,1-2H3,(H,38,39)/p-1. The van der Waals surface area contributed by atoms with Crippen molar-refractivity contribution in [1.29, 1.82) is 0 Å². The van der Waals surface area contributed by atoms with Gasteiger partial charge in [0.25, 0.3) is 0 Å². The van der Waals surface area contributed by atoms with Crippen LogP contribution in [0.25, 0.3) is 0 Å². The van der Waals surface area contributed by atoms with Crippen molar-refractivity contribution < 1.29 is 36.9 Å². The number of guanidine groups is 1. The van der Waals surface area contributed by atoms with Crippen LogP contribution in [0.4, 0.5) is 34.6 Å². The number of carbonyl (C=O) groups excluding carboxylic acids is 1. The van der Waals surface area contributed by atoms with E-state index in [2.05, 4.69) is 9.89 Å². The quantitative estimate of drug-likeness (QED) is 0.407. The van der Waals surface area contributed by atoms with Crippen LogP contribution in [0, 0.1) is 5.82 Å². The van der Waals surface area contributed by atoms with Gasteiger partial charge in [0.05, 0.1) is 31.5 Å². The number of methoxy groups -OCH3 is 2. The molecule has 0 N–H and O–H groups in total. The number of carboxylic acids is 1. The fraction of sp³-hybridized carbons (Fsp3) is 0.310. The number of carbonyl (C=O) groups is 1. The van der Waals surface area contributed by atoms with Gasteiger partial charge in [-0.3, -0.25) is 0 Å². The fourth-order valence-electron chi connectivity index (χ4n) is 5.24. The number of aliphatic imine (C=N–C) groups is 1. The number of anilines is 2. The zero-order chi connectivity index (χ0) is 29.3. The molecule has 2 heterocycles. The Morgan fingerprint density at radius 3 is 2.34 bits per heavy atom. The Morgan fingerprint density at radius 1 is 0.976 bits per heavy atom. The maximum absolute atomic E-state index is 15.1. The molecule has 0 aliphatic carbocycles. The van der Waals surface area contributed by atoms with E-state index in [1.807, 2.05) is 29.2 Å². The number of benzene rings is 3. The molecular formula is C29H27F4N4O4-. The third-order valence-electron chi connectivity index (χ3n) is 7.22. The fourth-order valence-corrected chi connectivity index (χ4v) is 5.24. The second-order valence-corrected chi connectivity index (χ2v) is 9.61. The average molecular weight is 572 g/mol. The number of rotatable bonds is 6. The van der Waals surface area contributed by atoms with Gasteiger partial charge in [-0.2, -0.15) is 13.2 Å². The summed E-state index contributed by atoms with van der Waals surface area (Å²) < 4.78 is 67.3. The number of hydrogen-bond donors (Lipinski definition) is 0. The molecule has 2 aliphatic rings. The molecule has 0 spiro atoms. The summed E-state index contributed by atoms with van der Waals surface area (Å²) in [5.41, 5.74) is 0.0843. The lowest BCUT2D eigenvalue weighted by Gasteiger charge is -2.45. The topological polar surface area (TPSA) is 80.7 Å². The van der Waals surface area contributed by atoms with Gasteiger partial charge in [0.1, 0.15) is 23.0 Å². The maximum Gasteiger partial charge on any atom is 0.416 e. The van der Waals surface area contributed by atoms with Gasteiger partial charge in [0, 0.05) is 55.9 Å². The second kappa shape index (κ2) is 11.2. The average Bonchev–Trinajstić information content (AvgIpc) is 2.96. The summed E-state index contributed by atoms with van der Waals surface area (Å²) in [6, 6.07) is 13.5. The highest BCUT2D eigenvalue weighted by atomic mass is 19.4. The van der Waals surface area contributed by atoms with Crippen molar-refractivity contribution in [2.45, 2.75) is 18.6 Å². The van der Waals surface area contributed by atoms with Gasteiger partial charge in [-0.1, -0.05) is 18.2 Å². The number of aliphatic carboxylic acids is 1. The Balaban J connectivity index is 1.60. The number of para-hydroxylation sites is 1. The van der Waals surface area contributed by atoms with E-state index in [0.717, 1.165) is 17.8 Å². The van der Waals surface area contributed by atoms with Crippen LogP contribution in [0.3, 0.4) is 0 Å². The first-order chi connectivity index (χ1) is 19.6.